The summed E-state index contributed by atoms with van der Waals surface area (Å²) in [5.74, 6) is 0.116. The summed E-state index contributed by atoms with van der Waals surface area (Å²) >= 11 is 0. The van der Waals surface area contributed by atoms with Crippen LogP contribution in [0.15, 0.2) is 4.99 Å². The molecule has 6 heteroatoms. The summed E-state index contributed by atoms with van der Waals surface area (Å²) in [6, 6.07) is 0. The van der Waals surface area contributed by atoms with E-state index >= 15 is 0 Å². The Labute approximate surface area is 95.4 Å². The standard InChI is InChI=1S/C10H19N3O3/c1-10(2,3)16-9(14)8-12-7(15-4)5-6-11-13-8/h8,11,13H,5-6H2,1-4H3. The van der Waals surface area contributed by atoms with Crippen molar-refractivity contribution in [1.82, 2.24) is 10.9 Å². The Hall–Kier alpha value is -1.14. The molecule has 0 aromatic heterocycles. The largest absolute Gasteiger partial charge is 0.484 e. The number of methoxy groups -OCH3 is 1. The van der Waals surface area contributed by atoms with Gasteiger partial charge in [0.15, 0.2) is 5.90 Å². The maximum atomic E-state index is 11.7. The zero-order chi connectivity index (χ0) is 12.2. The van der Waals surface area contributed by atoms with Gasteiger partial charge in [0.2, 0.25) is 6.17 Å². The molecule has 0 amide bonds. The fraction of sp³-hybridized carbons (Fsp3) is 0.800. The van der Waals surface area contributed by atoms with Crippen LogP contribution in [-0.4, -0.2) is 37.3 Å². The molecule has 0 aromatic rings. The van der Waals surface area contributed by atoms with Crippen molar-refractivity contribution < 1.29 is 14.3 Å². The monoisotopic (exact) mass is 229 g/mol. The summed E-state index contributed by atoms with van der Waals surface area (Å²) in [4.78, 5) is 15.9. The highest BCUT2D eigenvalue weighted by Gasteiger charge is 2.26. The summed E-state index contributed by atoms with van der Waals surface area (Å²) in [7, 11) is 1.54. The molecule has 1 aliphatic rings. The number of rotatable bonds is 1. The lowest BCUT2D eigenvalue weighted by Crippen LogP contribution is -2.46. The molecule has 0 spiro atoms. The molecule has 2 N–H and O–H groups in total. The van der Waals surface area contributed by atoms with Gasteiger partial charge in [-0.15, -0.1) is 0 Å². The molecule has 0 fully saturated rings. The molecular formula is C10H19N3O3. The van der Waals surface area contributed by atoms with Crippen molar-refractivity contribution >= 4 is 11.9 Å². The number of carbonyl (C=O) groups is 1. The van der Waals surface area contributed by atoms with Gasteiger partial charge in [0.25, 0.3) is 0 Å². The highest BCUT2D eigenvalue weighted by Crippen LogP contribution is 2.09. The van der Waals surface area contributed by atoms with Crippen LogP contribution in [0, 0.1) is 0 Å². The summed E-state index contributed by atoms with van der Waals surface area (Å²) in [5.41, 5.74) is 5.14. The molecule has 6 nitrogen and oxygen atoms in total. The van der Waals surface area contributed by atoms with Crippen molar-refractivity contribution in [3.05, 3.63) is 0 Å². The fourth-order valence-corrected chi connectivity index (χ4v) is 1.20. The van der Waals surface area contributed by atoms with Crippen molar-refractivity contribution in [1.29, 1.82) is 0 Å². The number of nitrogens with one attached hydrogen (secondary N) is 2. The zero-order valence-electron chi connectivity index (χ0n) is 10.2. The smallest absolute Gasteiger partial charge is 0.347 e. The van der Waals surface area contributed by atoms with Crippen molar-refractivity contribution in [3.8, 4) is 0 Å². The molecular weight excluding hydrogens is 210 g/mol. The summed E-state index contributed by atoms with van der Waals surface area (Å²) in [6.45, 7) is 6.11. The Morgan fingerprint density at radius 2 is 2.19 bits per heavy atom. The van der Waals surface area contributed by atoms with E-state index < -0.39 is 17.7 Å². The average molecular weight is 229 g/mol. The van der Waals surface area contributed by atoms with E-state index in [0.29, 0.717) is 18.9 Å². The third kappa shape index (κ3) is 4.16. The van der Waals surface area contributed by atoms with Crippen molar-refractivity contribution in [2.75, 3.05) is 13.7 Å². The number of hydrogen-bond acceptors (Lipinski definition) is 6. The Balaban J connectivity index is 2.66. The number of esters is 1. The van der Waals surface area contributed by atoms with E-state index in [1.54, 1.807) is 0 Å². The van der Waals surface area contributed by atoms with Gasteiger partial charge in [-0.25, -0.2) is 15.2 Å². The van der Waals surface area contributed by atoms with Crippen LogP contribution in [0.1, 0.15) is 27.2 Å². The first kappa shape index (κ1) is 12.9. The third-order valence-electron chi connectivity index (χ3n) is 1.84. The Morgan fingerprint density at radius 1 is 1.50 bits per heavy atom. The first-order valence-corrected chi connectivity index (χ1v) is 5.24. The van der Waals surface area contributed by atoms with Crippen LogP contribution in [0.2, 0.25) is 0 Å². The number of carbonyl (C=O) groups excluding carboxylic acids is 1. The van der Waals surface area contributed by atoms with Crippen LogP contribution in [0.4, 0.5) is 0 Å². The van der Waals surface area contributed by atoms with E-state index in [0.717, 1.165) is 0 Å². The van der Waals surface area contributed by atoms with Crippen LogP contribution in [-0.2, 0) is 14.3 Å². The van der Waals surface area contributed by atoms with Crippen LogP contribution < -0.4 is 10.9 Å². The van der Waals surface area contributed by atoms with Gasteiger partial charge in [-0.2, -0.15) is 0 Å². The predicted molar refractivity (Wildman–Crippen MR) is 59.8 cm³/mol. The molecule has 0 aromatic carbocycles. The summed E-state index contributed by atoms with van der Waals surface area (Å²) in [6.07, 6.45) is -0.111. The van der Waals surface area contributed by atoms with Crippen LogP contribution in [0.25, 0.3) is 0 Å². The normalized spacial score (nSPS) is 22.0. The minimum absolute atomic E-state index is 0.420. The molecule has 1 aliphatic heterocycles. The molecule has 1 heterocycles. The lowest BCUT2D eigenvalue weighted by molar-refractivity contribution is -0.157. The van der Waals surface area contributed by atoms with Gasteiger partial charge >= 0.3 is 5.97 Å². The molecule has 92 valence electrons. The highest BCUT2D eigenvalue weighted by molar-refractivity contribution is 5.83. The predicted octanol–water partition coefficient (Wildman–Crippen LogP) is 0.197. The molecule has 0 aliphatic carbocycles. The van der Waals surface area contributed by atoms with E-state index in [-0.39, 0.29) is 0 Å². The van der Waals surface area contributed by atoms with E-state index in [1.807, 2.05) is 20.8 Å². The Morgan fingerprint density at radius 3 is 2.75 bits per heavy atom. The second kappa shape index (κ2) is 5.27. The molecule has 16 heavy (non-hydrogen) atoms. The number of ether oxygens (including phenoxy) is 2. The van der Waals surface area contributed by atoms with Crippen LogP contribution in [0.5, 0.6) is 0 Å². The van der Waals surface area contributed by atoms with E-state index in [9.17, 15) is 4.79 Å². The molecule has 0 radical (unpaired) electrons. The minimum Gasteiger partial charge on any atom is -0.484 e. The minimum atomic E-state index is -0.753. The van der Waals surface area contributed by atoms with Crippen molar-refractivity contribution in [2.24, 2.45) is 4.99 Å². The highest BCUT2D eigenvalue weighted by atomic mass is 16.6. The molecule has 1 unspecified atom stereocenters. The van der Waals surface area contributed by atoms with Gasteiger partial charge in [-0.3, -0.25) is 5.43 Å². The molecule has 0 saturated carbocycles. The van der Waals surface area contributed by atoms with Crippen LogP contribution >= 0.6 is 0 Å². The Kier molecular flexibility index (Phi) is 4.26. The molecule has 1 rings (SSSR count). The van der Waals surface area contributed by atoms with E-state index in [4.69, 9.17) is 9.47 Å². The molecule has 0 saturated heterocycles. The SMILES string of the molecule is COC1=NC(C(=O)OC(C)(C)C)NNCC1. The summed E-state index contributed by atoms with van der Waals surface area (Å²) in [5, 5.41) is 0. The van der Waals surface area contributed by atoms with Gasteiger partial charge in [0.1, 0.15) is 5.60 Å². The maximum Gasteiger partial charge on any atom is 0.347 e. The van der Waals surface area contributed by atoms with Crippen molar-refractivity contribution in [2.45, 2.75) is 39.0 Å². The maximum absolute atomic E-state index is 11.7. The second-order valence-electron chi connectivity index (χ2n) is 4.48. The number of aliphatic imine (C=N–C) groups is 1. The number of hydrogen-bond donors (Lipinski definition) is 2. The van der Waals surface area contributed by atoms with Gasteiger partial charge in [0, 0.05) is 13.0 Å². The molecule has 0 bridgehead atoms. The first-order valence-electron chi connectivity index (χ1n) is 5.24. The van der Waals surface area contributed by atoms with Gasteiger partial charge in [-0.1, -0.05) is 0 Å². The Bertz CT molecular complexity index is 284. The fourth-order valence-electron chi connectivity index (χ4n) is 1.20. The van der Waals surface area contributed by atoms with Gasteiger partial charge in [0.05, 0.1) is 7.11 Å². The van der Waals surface area contributed by atoms with Gasteiger partial charge in [-0.05, 0) is 20.8 Å². The first-order chi connectivity index (χ1) is 7.42. The number of hydrazine groups is 1. The topological polar surface area (TPSA) is 72.0 Å². The summed E-state index contributed by atoms with van der Waals surface area (Å²) < 4.78 is 10.3. The third-order valence-corrected chi connectivity index (χ3v) is 1.84. The lowest BCUT2D eigenvalue weighted by atomic mass is 10.2. The second-order valence-corrected chi connectivity index (χ2v) is 4.48. The van der Waals surface area contributed by atoms with E-state index in [2.05, 4.69) is 15.8 Å². The van der Waals surface area contributed by atoms with Gasteiger partial charge < -0.3 is 9.47 Å². The molecule has 1 atom stereocenters. The lowest BCUT2D eigenvalue weighted by Gasteiger charge is -2.22. The zero-order valence-corrected chi connectivity index (χ0v) is 10.2. The average Bonchev–Trinajstić information content (AvgIpc) is 2.39. The van der Waals surface area contributed by atoms with E-state index in [1.165, 1.54) is 7.11 Å². The van der Waals surface area contributed by atoms with Crippen molar-refractivity contribution in [3.63, 3.8) is 0 Å². The van der Waals surface area contributed by atoms with Crippen LogP contribution in [0.3, 0.4) is 0 Å². The quantitative estimate of drug-likeness (QED) is 0.628. The number of nitrogens with zero attached hydrogens (tertiary/aromatic N) is 1.